The topological polar surface area (TPSA) is 54.9 Å². The predicted octanol–water partition coefficient (Wildman–Crippen LogP) is 2.88. The van der Waals surface area contributed by atoms with Gasteiger partial charge in [-0.3, -0.25) is 14.8 Å². The molecular weight excluding hydrogens is 238 g/mol. The van der Waals surface area contributed by atoms with Crippen LogP contribution in [0.25, 0.3) is 11.0 Å². The minimum atomic E-state index is -0.135. The molecule has 0 saturated heterocycles. The third kappa shape index (κ3) is 2.42. The van der Waals surface area contributed by atoms with E-state index < -0.39 is 0 Å². The summed E-state index contributed by atoms with van der Waals surface area (Å²) >= 11 is 0. The second-order valence-corrected chi connectivity index (χ2v) is 4.08. The van der Waals surface area contributed by atoms with E-state index in [0.717, 1.165) is 11.0 Å². The first-order valence-corrected chi connectivity index (χ1v) is 5.90. The Morgan fingerprint density at radius 2 is 1.63 bits per heavy atom. The molecule has 0 aliphatic heterocycles. The number of nitrogens with one attached hydrogen (secondary N) is 1. The molecule has 0 spiro atoms. The average Bonchev–Trinajstić information content (AvgIpc) is 2.48. The number of aromatic nitrogens is 2. The van der Waals surface area contributed by atoms with Gasteiger partial charge in [0.25, 0.3) is 5.91 Å². The molecule has 3 rings (SSSR count). The average molecular weight is 249 g/mol. The lowest BCUT2D eigenvalue weighted by Gasteiger charge is -2.05. The Bertz CT molecular complexity index is 726. The Balaban J connectivity index is 1.87. The first kappa shape index (κ1) is 11.3. The van der Waals surface area contributed by atoms with Crippen molar-refractivity contribution in [3.05, 3.63) is 66.5 Å². The number of hydrogen-bond acceptors (Lipinski definition) is 3. The summed E-state index contributed by atoms with van der Waals surface area (Å²) in [5, 5.41) is 2.84. The fourth-order valence-corrected chi connectivity index (χ4v) is 1.83. The summed E-state index contributed by atoms with van der Waals surface area (Å²) in [7, 11) is 0. The summed E-state index contributed by atoms with van der Waals surface area (Å²) in [6.07, 6.45) is 3.27. The van der Waals surface area contributed by atoms with Gasteiger partial charge in [0.2, 0.25) is 0 Å². The molecule has 1 amide bonds. The molecule has 4 heteroatoms. The molecule has 0 saturated carbocycles. The van der Waals surface area contributed by atoms with Crippen LogP contribution in [0.1, 0.15) is 10.4 Å². The van der Waals surface area contributed by atoms with E-state index in [1.165, 1.54) is 0 Å². The van der Waals surface area contributed by atoms with Crippen LogP contribution >= 0.6 is 0 Å². The Labute approximate surface area is 110 Å². The molecule has 2 aromatic carbocycles. The van der Waals surface area contributed by atoms with E-state index in [2.05, 4.69) is 15.3 Å². The van der Waals surface area contributed by atoms with Crippen LogP contribution in [0.15, 0.2) is 60.9 Å². The Morgan fingerprint density at radius 3 is 2.42 bits per heavy atom. The standard InChI is InChI=1S/C15H11N3O/c19-15(11-4-2-1-3-5-11)18-12-6-7-13-14(10-12)17-9-8-16-13/h1-10H,(H,18,19). The molecule has 0 radical (unpaired) electrons. The highest BCUT2D eigenvalue weighted by atomic mass is 16.1. The smallest absolute Gasteiger partial charge is 0.255 e. The van der Waals surface area contributed by atoms with E-state index in [1.807, 2.05) is 36.4 Å². The SMILES string of the molecule is O=C(Nc1ccc2nccnc2c1)c1ccccc1. The molecule has 0 aliphatic rings. The summed E-state index contributed by atoms with van der Waals surface area (Å²) in [4.78, 5) is 20.4. The fourth-order valence-electron chi connectivity index (χ4n) is 1.83. The maximum atomic E-state index is 12.0. The van der Waals surface area contributed by atoms with Gasteiger partial charge in [0.15, 0.2) is 0 Å². The highest BCUT2D eigenvalue weighted by Gasteiger charge is 2.05. The van der Waals surface area contributed by atoms with E-state index in [0.29, 0.717) is 11.3 Å². The molecule has 19 heavy (non-hydrogen) atoms. The molecule has 0 unspecified atom stereocenters. The second kappa shape index (κ2) is 4.86. The fraction of sp³-hybridized carbons (Fsp3) is 0. The zero-order valence-electron chi connectivity index (χ0n) is 10.1. The summed E-state index contributed by atoms with van der Waals surface area (Å²) in [6, 6.07) is 14.6. The van der Waals surface area contributed by atoms with Crippen molar-refractivity contribution in [1.82, 2.24) is 9.97 Å². The van der Waals surface area contributed by atoms with Gasteiger partial charge in [0.05, 0.1) is 11.0 Å². The number of carbonyl (C=O) groups excluding carboxylic acids is 1. The summed E-state index contributed by atoms with van der Waals surface area (Å²) in [5.74, 6) is -0.135. The van der Waals surface area contributed by atoms with Crippen LogP contribution in [-0.2, 0) is 0 Å². The van der Waals surface area contributed by atoms with Crippen molar-refractivity contribution in [2.75, 3.05) is 5.32 Å². The number of rotatable bonds is 2. The summed E-state index contributed by atoms with van der Waals surface area (Å²) < 4.78 is 0. The van der Waals surface area contributed by atoms with Crippen molar-refractivity contribution >= 4 is 22.6 Å². The van der Waals surface area contributed by atoms with Crippen LogP contribution in [0.5, 0.6) is 0 Å². The molecule has 1 N–H and O–H groups in total. The van der Waals surface area contributed by atoms with Gasteiger partial charge in [-0.15, -0.1) is 0 Å². The minimum absolute atomic E-state index is 0.135. The summed E-state index contributed by atoms with van der Waals surface area (Å²) in [5.41, 5.74) is 2.90. The van der Waals surface area contributed by atoms with Crippen LogP contribution in [0, 0.1) is 0 Å². The van der Waals surface area contributed by atoms with Gasteiger partial charge in [0, 0.05) is 23.6 Å². The Hall–Kier alpha value is -2.75. The monoisotopic (exact) mass is 249 g/mol. The number of benzene rings is 2. The van der Waals surface area contributed by atoms with Crippen molar-refractivity contribution in [2.45, 2.75) is 0 Å². The molecule has 0 fully saturated rings. The number of hydrogen-bond donors (Lipinski definition) is 1. The molecule has 0 atom stereocenters. The molecule has 1 heterocycles. The highest BCUT2D eigenvalue weighted by Crippen LogP contribution is 2.15. The number of amides is 1. The van der Waals surface area contributed by atoms with Gasteiger partial charge in [-0.25, -0.2) is 0 Å². The third-order valence-corrected chi connectivity index (χ3v) is 2.76. The maximum Gasteiger partial charge on any atom is 0.255 e. The lowest BCUT2D eigenvalue weighted by molar-refractivity contribution is 0.102. The largest absolute Gasteiger partial charge is 0.322 e. The lowest BCUT2D eigenvalue weighted by atomic mass is 10.2. The van der Waals surface area contributed by atoms with Crippen LogP contribution in [0.2, 0.25) is 0 Å². The normalized spacial score (nSPS) is 10.3. The molecular formula is C15H11N3O. The second-order valence-electron chi connectivity index (χ2n) is 4.08. The van der Waals surface area contributed by atoms with Crippen molar-refractivity contribution < 1.29 is 4.79 Å². The quantitative estimate of drug-likeness (QED) is 0.759. The minimum Gasteiger partial charge on any atom is -0.322 e. The van der Waals surface area contributed by atoms with Gasteiger partial charge in [-0.1, -0.05) is 18.2 Å². The number of anilines is 1. The van der Waals surface area contributed by atoms with E-state index in [4.69, 9.17) is 0 Å². The van der Waals surface area contributed by atoms with Crippen LogP contribution in [-0.4, -0.2) is 15.9 Å². The molecule has 1 aromatic heterocycles. The zero-order valence-corrected chi connectivity index (χ0v) is 10.1. The van der Waals surface area contributed by atoms with Crippen LogP contribution < -0.4 is 5.32 Å². The van der Waals surface area contributed by atoms with E-state index >= 15 is 0 Å². The predicted molar refractivity (Wildman–Crippen MR) is 73.9 cm³/mol. The zero-order chi connectivity index (χ0) is 13.1. The van der Waals surface area contributed by atoms with Crippen molar-refractivity contribution in [3.63, 3.8) is 0 Å². The van der Waals surface area contributed by atoms with Crippen molar-refractivity contribution in [3.8, 4) is 0 Å². The number of carbonyl (C=O) groups is 1. The van der Waals surface area contributed by atoms with Gasteiger partial charge in [-0.05, 0) is 30.3 Å². The van der Waals surface area contributed by atoms with E-state index in [1.54, 1.807) is 24.5 Å². The molecule has 92 valence electrons. The van der Waals surface area contributed by atoms with E-state index in [9.17, 15) is 4.79 Å². The Kier molecular flexibility index (Phi) is 2.90. The van der Waals surface area contributed by atoms with E-state index in [-0.39, 0.29) is 5.91 Å². The van der Waals surface area contributed by atoms with Gasteiger partial charge < -0.3 is 5.32 Å². The van der Waals surface area contributed by atoms with Gasteiger partial charge in [0.1, 0.15) is 0 Å². The van der Waals surface area contributed by atoms with Crippen LogP contribution in [0.3, 0.4) is 0 Å². The van der Waals surface area contributed by atoms with Crippen molar-refractivity contribution in [1.29, 1.82) is 0 Å². The third-order valence-electron chi connectivity index (χ3n) is 2.76. The van der Waals surface area contributed by atoms with Crippen molar-refractivity contribution in [2.24, 2.45) is 0 Å². The maximum absolute atomic E-state index is 12.0. The summed E-state index contributed by atoms with van der Waals surface area (Å²) in [6.45, 7) is 0. The Morgan fingerprint density at radius 1 is 0.895 bits per heavy atom. The van der Waals surface area contributed by atoms with Crippen LogP contribution in [0.4, 0.5) is 5.69 Å². The molecule has 4 nitrogen and oxygen atoms in total. The number of nitrogens with zero attached hydrogens (tertiary/aromatic N) is 2. The lowest BCUT2D eigenvalue weighted by Crippen LogP contribution is -2.11. The van der Waals surface area contributed by atoms with Gasteiger partial charge in [-0.2, -0.15) is 0 Å². The molecule has 0 bridgehead atoms. The molecule has 0 aliphatic carbocycles. The highest BCUT2D eigenvalue weighted by molar-refractivity contribution is 6.04. The molecule has 3 aromatic rings. The first-order valence-electron chi connectivity index (χ1n) is 5.90. The first-order chi connectivity index (χ1) is 9.33. The number of fused-ring (bicyclic) bond motifs is 1. The van der Waals surface area contributed by atoms with Gasteiger partial charge >= 0.3 is 0 Å².